The maximum absolute atomic E-state index is 5.94. The molecular weight excluding hydrogens is 232 g/mol. The second-order valence-corrected chi connectivity index (χ2v) is 4.62. The van der Waals surface area contributed by atoms with Crippen LogP contribution in [0, 0.1) is 0 Å². The van der Waals surface area contributed by atoms with Gasteiger partial charge in [-0.25, -0.2) is 0 Å². The standard InChI is InChI=1S/C12H16N4O2/c13-9-3-1-5-16(7-9)8-11-14-15-12(18-11)10-4-2-6-17-10/h2,4,6,9H,1,3,5,7-8,13H2. The molecule has 1 atom stereocenters. The quantitative estimate of drug-likeness (QED) is 0.880. The van der Waals surface area contributed by atoms with E-state index >= 15 is 0 Å². The Morgan fingerprint density at radius 1 is 1.44 bits per heavy atom. The van der Waals surface area contributed by atoms with Gasteiger partial charge in [-0.1, -0.05) is 0 Å². The fourth-order valence-electron chi connectivity index (χ4n) is 2.24. The van der Waals surface area contributed by atoms with Gasteiger partial charge in [-0.15, -0.1) is 10.2 Å². The van der Waals surface area contributed by atoms with E-state index in [1.54, 1.807) is 18.4 Å². The average Bonchev–Trinajstić information content (AvgIpc) is 2.98. The second-order valence-electron chi connectivity index (χ2n) is 4.62. The zero-order chi connectivity index (χ0) is 12.4. The van der Waals surface area contributed by atoms with Crippen LogP contribution >= 0.6 is 0 Å². The first kappa shape index (κ1) is 11.4. The predicted molar refractivity (Wildman–Crippen MR) is 64.5 cm³/mol. The molecular formula is C12H16N4O2. The van der Waals surface area contributed by atoms with Gasteiger partial charge in [0.15, 0.2) is 5.76 Å². The van der Waals surface area contributed by atoms with E-state index in [1.807, 2.05) is 0 Å². The molecule has 1 fully saturated rings. The van der Waals surface area contributed by atoms with Gasteiger partial charge in [0.05, 0.1) is 12.8 Å². The van der Waals surface area contributed by atoms with E-state index in [-0.39, 0.29) is 6.04 Å². The number of furan rings is 1. The summed E-state index contributed by atoms with van der Waals surface area (Å²) in [4.78, 5) is 2.24. The first-order chi connectivity index (χ1) is 8.81. The highest BCUT2D eigenvalue weighted by Gasteiger charge is 2.19. The van der Waals surface area contributed by atoms with Crippen LogP contribution < -0.4 is 5.73 Å². The molecule has 0 spiro atoms. The van der Waals surface area contributed by atoms with Crippen LogP contribution in [0.3, 0.4) is 0 Å². The highest BCUT2D eigenvalue weighted by molar-refractivity contribution is 5.42. The van der Waals surface area contributed by atoms with Crippen LogP contribution in [-0.4, -0.2) is 34.2 Å². The van der Waals surface area contributed by atoms with Crippen molar-refractivity contribution in [2.75, 3.05) is 13.1 Å². The maximum atomic E-state index is 5.94. The Balaban J connectivity index is 1.66. The van der Waals surface area contributed by atoms with Gasteiger partial charge in [-0.05, 0) is 31.5 Å². The second kappa shape index (κ2) is 4.91. The van der Waals surface area contributed by atoms with Crippen LogP contribution in [0.5, 0.6) is 0 Å². The lowest BCUT2D eigenvalue weighted by Gasteiger charge is -2.29. The summed E-state index contributed by atoms with van der Waals surface area (Å²) < 4.78 is 10.8. The summed E-state index contributed by atoms with van der Waals surface area (Å²) in [6, 6.07) is 3.85. The van der Waals surface area contributed by atoms with Crippen molar-refractivity contribution < 1.29 is 8.83 Å². The van der Waals surface area contributed by atoms with Gasteiger partial charge in [-0.3, -0.25) is 4.90 Å². The lowest BCUT2D eigenvalue weighted by Crippen LogP contribution is -2.42. The summed E-state index contributed by atoms with van der Waals surface area (Å²) in [5.74, 6) is 1.64. The van der Waals surface area contributed by atoms with Gasteiger partial charge in [-0.2, -0.15) is 0 Å². The van der Waals surface area contributed by atoms with E-state index in [0.717, 1.165) is 25.9 Å². The van der Waals surface area contributed by atoms with Gasteiger partial charge in [0.1, 0.15) is 0 Å². The third-order valence-corrected chi connectivity index (χ3v) is 3.10. The maximum Gasteiger partial charge on any atom is 0.283 e. The normalized spacial score (nSPS) is 21.3. The van der Waals surface area contributed by atoms with Gasteiger partial charge >= 0.3 is 0 Å². The minimum absolute atomic E-state index is 0.256. The van der Waals surface area contributed by atoms with Crippen LogP contribution in [0.15, 0.2) is 27.2 Å². The number of piperidine rings is 1. The van der Waals surface area contributed by atoms with E-state index in [0.29, 0.717) is 24.1 Å². The van der Waals surface area contributed by atoms with Crippen molar-refractivity contribution in [3.05, 3.63) is 24.3 Å². The number of rotatable bonds is 3. The van der Waals surface area contributed by atoms with Crippen molar-refractivity contribution in [1.29, 1.82) is 0 Å². The highest BCUT2D eigenvalue weighted by Crippen LogP contribution is 2.19. The van der Waals surface area contributed by atoms with E-state index in [2.05, 4.69) is 15.1 Å². The SMILES string of the molecule is NC1CCCN(Cc2nnc(-c3ccco3)o2)C1. The molecule has 0 bridgehead atoms. The highest BCUT2D eigenvalue weighted by atomic mass is 16.4. The number of nitrogens with zero attached hydrogens (tertiary/aromatic N) is 3. The molecule has 0 radical (unpaired) electrons. The summed E-state index contributed by atoms with van der Waals surface area (Å²) >= 11 is 0. The fraction of sp³-hybridized carbons (Fsp3) is 0.500. The Morgan fingerprint density at radius 3 is 3.17 bits per heavy atom. The molecule has 2 aromatic heterocycles. The molecule has 1 unspecified atom stereocenters. The molecule has 0 saturated carbocycles. The Morgan fingerprint density at radius 2 is 2.39 bits per heavy atom. The van der Waals surface area contributed by atoms with Crippen LogP contribution in [0.2, 0.25) is 0 Å². The first-order valence-electron chi connectivity index (χ1n) is 6.15. The van der Waals surface area contributed by atoms with Crippen LogP contribution in [0.1, 0.15) is 18.7 Å². The van der Waals surface area contributed by atoms with Crippen molar-refractivity contribution in [3.8, 4) is 11.7 Å². The zero-order valence-electron chi connectivity index (χ0n) is 10.1. The molecule has 2 aromatic rings. The number of hydrogen-bond acceptors (Lipinski definition) is 6. The van der Waals surface area contributed by atoms with Crippen molar-refractivity contribution in [2.24, 2.45) is 5.73 Å². The summed E-state index contributed by atoms with van der Waals surface area (Å²) in [5, 5.41) is 8.01. The molecule has 2 N–H and O–H groups in total. The molecule has 18 heavy (non-hydrogen) atoms. The van der Waals surface area contributed by atoms with E-state index < -0.39 is 0 Å². The number of hydrogen-bond donors (Lipinski definition) is 1. The molecule has 0 aromatic carbocycles. The van der Waals surface area contributed by atoms with Crippen molar-refractivity contribution >= 4 is 0 Å². The molecule has 0 amide bonds. The van der Waals surface area contributed by atoms with Gasteiger partial charge in [0, 0.05) is 12.6 Å². The molecule has 1 aliphatic rings. The first-order valence-corrected chi connectivity index (χ1v) is 6.15. The topological polar surface area (TPSA) is 81.3 Å². The largest absolute Gasteiger partial charge is 0.459 e. The smallest absolute Gasteiger partial charge is 0.283 e. The number of likely N-dealkylation sites (tertiary alicyclic amines) is 1. The van der Waals surface area contributed by atoms with Crippen molar-refractivity contribution in [2.45, 2.75) is 25.4 Å². The fourth-order valence-corrected chi connectivity index (χ4v) is 2.24. The van der Waals surface area contributed by atoms with Crippen LogP contribution in [0.25, 0.3) is 11.7 Å². The Bertz CT molecular complexity index is 494. The molecule has 1 saturated heterocycles. The summed E-state index contributed by atoms with van der Waals surface area (Å²) in [7, 11) is 0. The van der Waals surface area contributed by atoms with Crippen molar-refractivity contribution in [3.63, 3.8) is 0 Å². The van der Waals surface area contributed by atoms with Gasteiger partial charge < -0.3 is 14.6 Å². The number of aromatic nitrogens is 2. The van der Waals surface area contributed by atoms with E-state index in [9.17, 15) is 0 Å². The molecule has 3 heterocycles. The van der Waals surface area contributed by atoms with E-state index in [1.165, 1.54) is 0 Å². The summed E-state index contributed by atoms with van der Waals surface area (Å²) in [6.07, 6.45) is 3.81. The predicted octanol–water partition coefficient (Wildman–Crippen LogP) is 1.25. The van der Waals surface area contributed by atoms with Gasteiger partial charge in [0.2, 0.25) is 5.89 Å². The molecule has 1 aliphatic heterocycles. The number of nitrogens with two attached hydrogens (primary N) is 1. The lowest BCUT2D eigenvalue weighted by atomic mass is 10.1. The average molecular weight is 248 g/mol. The Kier molecular flexibility index (Phi) is 3.12. The molecule has 3 rings (SSSR count). The third-order valence-electron chi connectivity index (χ3n) is 3.10. The minimum atomic E-state index is 0.256. The molecule has 6 heteroatoms. The van der Waals surface area contributed by atoms with Crippen molar-refractivity contribution in [1.82, 2.24) is 15.1 Å². The molecule has 6 nitrogen and oxygen atoms in total. The van der Waals surface area contributed by atoms with Crippen LogP contribution in [0.4, 0.5) is 0 Å². The summed E-state index contributed by atoms with van der Waals surface area (Å²) in [6.45, 7) is 2.58. The third kappa shape index (κ3) is 2.44. The van der Waals surface area contributed by atoms with Crippen LogP contribution in [-0.2, 0) is 6.54 Å². The lowest BCUT2D eigenvalue weighted by molar-refractivity contribution is 0.185. The molecule has 96 valence electrons. The summed E-state index contributed by atoms with van der Waals surface area (Å²) in [5.41, 5.74) is 5.94. The van der Waals surface area contributed by atoms with E-state index in [4.69, 9.17) is 14.6 Å². The zero-order valence-corrected chi connectivity index (χ0v) is 10.1. The Hall–Kier alpha value is -1.66. The Labute approximate surface area is 105 Å². The molecule has 0 aliphatic carbocycles. The monoisotopic (exact) mass is 248 g/mol. The minimum Gasteiger partial charge on any atom is -0.459 e. The van der Waals surface area contributed by atoms with Gasteiger partial charge in [0.25, 0.3) is 5.89 Å².